The van der Waals surface area contributed by atoms with E-state index in [2.05, 4.69) is 40.2 Å². The third-order valence-corrected chi connectivity index (χ3v) is 4.91. The predicted molar refractivity (Wildman–Crippen MR) is 87.4 cm³/mol. The minimum absolute atomic E-state index is 0.217. The molecule has 2 aromatic rings. The van der Waals surface area contributed by atoms with Crippen LogP contribution < -0.4 is 0 Å². The van der Waals surface area contributed by atoms with E-state index in [0.29, 0.717) is 11.8 Å². The normalized spacial score (nSPS) is 11.5. The van der Waals surface area contributed by atoms with Gasteiger partial charge in [-0.2, -0.15) is 0 Å². The molecule has 0 saturated carbocycles. The van der Waals surface area contributed by atoms with Gasteiger partial charge >= 0.3 is 0 Å². The van der Waals surface area contributed by atoms with Crippen molar-refractivity contribution in [3.05, 3.63) is 70.2 Å². The molecule has 0 unspecified atom stereocenters. The van der Waals surface area contributed by atoms with E-state index in [0.717, 1.165) is 10.9 Å². The highest BCUT2D eigenvalue weighted by Crippen LogP contribution is 2.32. The first-order valence-corrected chi connectivity index (χ1v) is 7.98. The first-order chi connectivity index (χ1) is 9.20. The van der Waals surface area contributed by atoms with Crippen LogP contribution in [0.5, 0.6) is 0 Å². The second-order valence-electron chi connectivity index (χ2n) is 4.72. The summed E-state index contributed by atoms with van der Waals surface area (Å²) >= 11 is 16.0. The van der Waals surface area contributed by atoms with E-state index in [1.807, 2.05) is 30.3 Å². The SMILES string of the molecule is ClCC(CCl)(Cc1ccccc1)c1ccc(Br)cc1. The van der Waals surface area contributed by atoms with Gasteiger partial charge in [-0.25, -0.2) is 0 Å². The molecule has 100 valence electrons. The van der Waals surface area contributed by atoms with Gasteiger partial charge in [0.15, 0.2) is 0 Å². The molecule has 0 atom stereocenters. The number of benzene rings is 2. The van der Waals surface area contributed by atoms with Gasteiger partial charge < -0.3 is 0 Å². The molecule has 0 N–H and O–H groups in total. The van der Waals surface area contributed by atoms with Crippen LogP contribution in [0.1, 0.15) is 11.1 Å². The van der Waals surface area contributed by atoms with Gasteiger partial charge in [0, 0.05) is 21.6 Å². The average Bonchev–Trinajstić information content (AvgIpc) is 2.47. The maximum Gasteiger partial charge on any atom is 0.0335 e. The Balaban J connectivity index is 2.34. The van der Waals surface area contributed by atoms with Gasteiger partial charge in [-0.1, -0.05) is 58.4 Å². The number of hydrogen-bond donors (Lipinski definition) is 0. The van der Waals surface area contributed by atoms with E-state index in [-0.39, 0.29) is 5.41 Å². The summed E-state index contributed by atoms with van der Waals surface area (Å²) < 4.78 is 1.06. The lowest BCUT2D eigenvalue weighted by Gasteiger charge is -2.30. The molecule has 0 amide bonds. The summed E-state index contributed by atoms with van der Waals surface area (Å²) in [6.07, 6.45) is 0.850. The van der Waals surface area contributed by atoms with Crippen LogP contribution in [0.3, 0.4) is 0 Å². The lowest BCUT2D eigenvalue weighted by atomic mass is 9.79. The minimum Gasteiger partial charge on any atom is -0.126 e. The molecule has 0 nitrogen and oxygen atoms in total. The first kappa shape index (κ1) is 14.9. The van der Waals surface area contributed by atoms with Crippen LogP contribution in [-0.4, -0.2) is 11.8 Å². The van der Waals surface area contributed by atoms with Crippen molar-refractivity contribution in [3.63, 3.8) is 0 Å². The second kappa shape index (κ2) is 6.78. The fraction of sp³-hybridized carbons (Fsp3) is 0.250. The van der Waals surface area contributed by atoms with E-state index in [9.17, 15) is 0 Å². The summed E-state index contributed by atoms with van der Waals surface area (Å²) in [7, 11) is 0. The molecule has 0 aromatic heterocycles. The summed E-state index contributed by atoms with van der Waals surface area (Å²) in [5.74, 6) is 1.01. The van der Waals surface area contributed by atoms with E-state index in [4.69, 9.17) is 23.2 Å². The standard InChI is InChI=1S/C16H15BrCl2/c17-15-8-6-14(7-9-15)16(11-18,12-19)10-13-4-2-1-3-5-13/h1-9H,10-12H2. The van der Waals surface area contributed by atoms with Crippen molar-refractivity contribution in [2.75, 3.05) is 11.8 Å². The molecule has 0 fully saturated rings. The van der Waals surface area contributed by atoms with Gasteiger partial charge in [0.1, 0.15) is 0 Å². The van der Waals surface area contributed by atoms with Crippen molar-refractivity contribution in [2.45, 2.75) is 11.8 Å². The molecule has 0 saturated heterocycles. The third-order valence-electron chi connectivity index (χ3n) is 3.35. The Kier molecular flexibility index (Phi) is 5.32. The maximum atomic E-state index is 6.25. The number of alkyl halides is 2. The smallest absolute Gasteiger partial charge is 0.0335 e. The zero-order valence-electron chi connectivity index (χ0n) is 10.5. The van der Waals surface area contributed by atoms with Gasteiger partial charge in [-0.05, 0) is 29.7 Å². The van der Waals surface area contributed by atoms with Crippen LogP contribution in [0.15, 0.2) is 59.1 Å². The monoisotopic (exact) mass is 356 g/mol. The molecule has 19 heavy (non-hydrogen) atoms. The summed E-state index contributed by atoms with van der Waals surface area (Å²) in [6, 6.07) is 18.6. The molecule has 0 aliphatic carbocycles. The van der Waals surface area contributed by atoms with Crippen LogP contribution in [-0.2, 0) is 11.8 Å². The minimum atomic E-state index is -0.217. The van der Waals surface area contributed by atoms with Crippen LogP contribution in [0, 0.1) is 0 Å². The van der Waals surface area contributed by atoms with Crippen LogP contribution >= 0.6 is 39.1 Å². The van der Waals surface area contributed by atoms with Crippen molar-refractivity contribution < 1.29 is 0 Å². The fourth-order valence-corrected chi connectivity index (χ4v) is 3.22. The molecule has 0 spiro atoms. The molecule has 0 bridgehead atoms. The second-order valence-corrected chi connectivity index (χ2v) is 6.17. The Morgan fingerprint density at radius 3 is 1.95 bits per heavy atom. The number of hydrogen-bond acceptors (Lipinski definition) is 0. The zero-order chi connectivity index (χ0) is 13.7. The highest BCUT2D eigenvalue weighted by molar-refractivity contribution is 9.10. The molecular formula is C16H15BrCl2. The number of halogens is 3. The molecule has 0 aliphatic heterocycles. The van der Waals surface area contributed by atoms with Gasteiger partial charge in [0.05, 0.1) is 0 Å². The molecule has 2 aromatic carbocycles. The van der Waals surface area contributed by atoms with Crippen LogP contribution in [0.25, 0.3) is 0 Å². The summed E-state index contributed by atoms with van der Waals surface area (Å²) in [5, 5.41) is 0. The molecule has 2 rings (SSSR count). The van der Waals surface area contributed by atoms with Crippen molar-refractivity contribution in [1.82, 2.24) is 0 Å². The van der Waals surface area contributed by atoms with E-state index in [1.54, 1.807) is 0 Å². The quantitative estimate of drug-likeness (QED) is 0.628. The highest BCUT2D eigenvalue weighted by Gasteiger charge is 2.30. The fourth-order valence-electron chi connectivity index (χ4n) is 2.18. The van der Waals surface area contributed by atoms with Gasteiger partial charge in [-0.15, -0.1) is 23.2 Å². The Bertz CT molecular complexity index is 504. The predicted octanol–water partition coefficient (Wildman–Crippen LogP) is 5.41. The molecule has 3 heteroatoms. The Labute approximate surface area is 132 Å². The topological polar surface area (TPSA) is 0 Å². The molecule has 0 radical (unpaired) electrons. The number of rotatable bonds is 5. The molecular weight excluding hydrogens is 343 g/mol. The highest BCUT2D eigenvalue weighted by atomic mass is 79.9. The largest absolute Gasteiger partial charge is 0.126 e. The van der Waals surface area contributed by atoms with Crippen LogP contribution in [0.2, 0.25) is 0 Å². The van der Waals surface area contributed by atoms with Crippen molar-refractivity contribution in [2.24, 2.45) is 0 Å². The Morgan fingerprint density at radius 2 is 1.42 bits per heavy atom. The van der Waals surface area contributed by atoms with Crippen molar-refractivity contribution >= 4 is 39.1 Å². The van der Waals surface area contributed by atoms with Gasteiger partial charge in [0.25, 0.3) is 0 Å². The zero-order valence-corrected chi connectivity index (χ0v) is 13.5. The van der Waals surface area contributed by atoms with E-state index in [1.165, 1.54) is 11.1 Å². The summed E-state index contributed by atoms with van der Waals surface area (Å²) in [6.45, 7) is 0. The molecule has 0 aliphatic rings. The van der Waals surface area contributed by atoms with E-state index < -0.39 is 0 Å². The Hall–Kier alpha value is -0.500. The van der Waals surface area contributed by atoms with Crippen molar-refractivity contribution in [1.29, 1.82) is 0 Å². The summed E-state index contributed by atoms with van der Waals surface area (Å²) in [4.78, 5) is 0. The first-order valence-electron chi connectivity index (χ1n) is 6.12. The van der Waals surface area contributed by atoms with E-state index >= 15 is 0 Å². The van der Waals surface area contributed by atoms with Gasteiger partial charge in [0.2, 0.25) is 0 Å². The Morgan fingerprint density at radius 1 is 0.842 bits per heavy atom. The lowest BCUT2D eigenvalue weighted by molar-refractivity contribution is 0.536. The maximum absolute atomic E-state index is 6.25. The van der Waals surface area contributed by atoms with Gasteiger partial charge in [-0.3, -0.25) is 0 Å². The summed E-state index contributed by atoms with van der Waals surface area (Å²) in [5.41, 5.74) is 2.22. The molecule has 0 heterocycles. The average molecular weight is 358 g/mol. The van der Waals surface area contributed by atoms with Crippen LogP contribution in [0.4, 0.5) is 0 Å². The van der Waals surface area contributed by atoms with Crippen molar-refractivity contribution in [3.8, 4) is 0 Å². The lowest BCUT2D eigenvalue weighted by Crippen LogP contribution is -2.33. The third kappa shape index (κ3) is 3.53.